The van der Waals surface area contributed by atoms with Crippen molar-refractivity contribution in [2.75, 3.05) is 38.0 Å². The molecule has 0 unspecified atom stereocenters. The molecule has 176 valence electrons. The summed E-state index contributed by atoms with van der Waals surface area (Å²) in [6.07, 6.45) is 6.08. The summed E-state index contributed by atoms with van der Waals surface area (Å²) in [5.41, 5.74) is 1.96. The van der Waals surface area contributed by atoms with E-state index in [1.165, 1.54) is 0 Å². The van der Waals surface area contributed by atoms with Crippen LogP contribution in [0.3, 0.4) is 0 Å². The minimum absolute atomic E-state index is 0.333. The van der Waals surface area contributed by atoms with E-state index in [2.05, 4.69) is 22.1 Å². The summed E-state index contributed by atoms with van der Waals surface area (Å²) in [5, 5.41) is 23.1. The van der Waals surface area contributed by atoms with E-state index in [0.29, 0.717) is 37.2 Å². The molecule has 9 nitrogen and oxygen atoms in total. The van der Waals surface area contributed by atoms with Crippen molar-refractivity contribution >= 4 is 34.4 Å². The van der Waals surface area contributed by atoms with E-state index in [-0.39, 0.29) is 5.91 Å². The Kier molecular flexibility index (Phi) is 6.80. The molecule has 4 rings (SSSR count). The number of amides is 1. The smallest absolute Gasteiger partial charge is 0.325 e. The molecule has 2 heterocycles. The van der Waals surface area contributed by atoms with E-state index >= 15 is 0 Å². The van der Waals surface area contributed by atoms with Crippen molar-refractivity contribution in [3.05, 3.63) is 42.1 Å². The number of carbonyl (C=O) groups excluding carboxylic acids is 1. The van der Waals surface area contributed by atoms with Crippen molar-refractivity contribution in [2.24, 2.45) is 11.8 Å². The Morgan fingerprint density at radius 2 is 1.79 bits per heavy atom. The van der Waals surface area contributed by atoms with Gasteiger partial charge < -0.3 is 25.4 Å². The Hall–Kier alpha value is -3.17. The molecule has 1 saturated heterocycles. The van der Waals surface area contributed by atoms with E-state index in [4.69, 9.17) is 0 Å². The van der Waals surface area contributed by atoms with Crippen LogP contribution in [0.5, 0.6) is 0 Å². The number of H-pyrrole nitrogens is 1. The number of carbonyl (C=O) groups is 3. The lowest BCUT2D eigenvalue weighted by molar-refractivity contribution is -0.146. The number of aliphatic carboxylic acids is 2. The molecule has 0 spiro atoms. The van der Waals surface area contributed by atoms with Crippen molar-refractivity contribution in [3.63, 3.8) is 0 Å². The second-order valence-electron chi connectivity index (χ2n) is 8.70. The maximum Gasteiger partial charge on any atom is 0.325 e. The number of aromatic amines is 1. The topological polar surface area (TPSA) is 126 Å². The Bertz CT molecular complexity index is 1070. The van der Waals surface area contributed by atoms with Crippen LogP contribution in [0.15, 0.2) is 36.5 Å². The SMILES string of the molecule is CCN1CCN([C@H](C(=O)O)c2c[nH]c3ccc(NC(=O)[C@@H]4CC=CC[C@H]4C(=O)O)cc23)CC1. The lowest BCUT2D eigenvalue weighted by Gasteiger charge is -2.37. The number of rotatable bonds is 7. The van der Waals surface area contributed by atoms with E-state index in [0.717, 1.165) is 30.5 Å². The van der Waals surface area contributed by atoms with Gasteiger partial charge in [0.05, 0.1) is 11.8 Å². The maximum atomic E-state index is 12.9. The number of allylic oxidation sites excluding steroid dienone is 2. The molecule has 33 heavy (non-hydrogen) atoms. The second-order valence-corrected chi connectivity index (χ2v) is 8.70. The zero-order valence-electron chi connectivity index (χ0n) is 18.7. The van der Waals surface area contributed by atoms with Gasteiger partial charge in [0.1, 0.15) is 6.04 Å². The second kappa shape index (κ2) is 9.76. The van der Waals surface area contributed by atoms with Crippen LogP contribution in [0.4, 0.5) is 5.69 Å². The Balaban J connectivity index is 1.58. The number of aromatic nitrogens is 1. The first-order chi connectivity index (χ1) is 15.9. The van der Waals surface area contributed by atoms with Crippen LogP contribution in [0.2, 0.25) is 0 Å². The Morgan fingerprint density at radius 1 is 1.09 bits per heavy atom. The number of carboxylic acid groups (broad SMARTS) is 2. The normalized spacial score (nSPS) is 22.8. The van der Waals surface area contributed by atoms with E-state index in [1.807, 2.05) is 11.0 Å². The van der Waals surface area contributed by atoms with Crippen molar-refractivity contribution in [3.8, 4) is 0 Å². The first kappa shape index (κ1) is 23.0. The number of nitrogens with one attached hydrogen (secondary N) is 2. The number of carboxylic acids is 2. The standard InChI is InChI=1S/C24H30N4O5/c1-2-27-9-11-28(12-10-27)21(24(32)33)19-14-25-20-8-7-15(13-18(19)20)26-22(29)16-5-3-4-6-17(16)23(30)31/h3-4,7-8,13-14,16-17,21,25H,2,5-6,9-12H2,1H3,(H,26,29)(H,30,31)(H,32,33)/t16-,17-,21+/m1/s1. The van der Waals surface area contributed by atoms with Gasteiger partial charge in [0, 0.05) is 54.5 Å². The zero-order valence-corrected chi connectivity index (χ0v) is 18.7. The first-order valence-corrected chi connectivity index (χ1v) is 11.4. The lowest BCUT2D eigenvalue weighted by Crippen LogP contribution is -2.49. The first-order valence-electron chi connectivity index (χ1n) is 11.4. The van der Waals surface area contributed by atoms with Gasteiger partial charge in [-0.05, 0) is 37.6 Å². The number of anilines is 1. The number of hydrogen-bond donors (Lipinski definition) is 4. The molecule has 0 radical (unpaired) electrons. The number of benzene rings is 1. The van der Waals surface area contributed by atoms with Gasteiger partial charge in [0.25, 0.3) is 0 Å². The summed E-state index contributed by atoms with van der Waals surface area (Å²) >= 11 is 0. The van der Waals surface area contributed by atoms with Crippen LogP contribution >= 0.6 is 0 Å². The van der Waals surface area contributed by atoms with Gasteiger partial charge in [-0.1, -0.05) is 19.1 Å². The van der Waals surface area contributed by atoms with Gasteiger partial charge in [-0.2, -0.15) is 0 Å². The highest BCUT2D eigenvalue weighted by molar-refractivity contribution is 5.98. The van der Waals surface area contributed by atoms with Gasteiger partial charge in [-0.3, -0.25) is 19.3 Å². The Labute approximate surface area is 192 Å². The van der Waals surface area contributed by atoms with E-state index < -0.39 is 29.8 Å². The molecule has 1 aliphatic carbocycles. The van der Waals surface area contributed by atoms with Gasteiger partial charge in [0.15, 0.2) is 0 Å². The summed E-state index contributed by atoms with van der Waals surface area (Å²) in [6, 6.07) is 4.53. The molecule has 2 aromatic rings. The molecule has 9 heteroatoms. The third kappa shape index (κ3) is 4.79. The quantitative estimate of drug-likeness (QED) is 0.474. The van der Waals surface area contributed by atoms with Crippen LogP contribution in [-0.4, -0.2) is 75.6 Å². The highest BCUT2D eigenvalue weighted by Crippen LogP contribution is 2.32. The minimum atomic E-state index is -0.977. The van der Waals surface area contributed by atoms with Gasteiger partial charge in [-0.25, -0.2) is 0 Å². The summed E-state index contributed by atoms with van der Waals surface area (Å²) in [4.78, 5) is 44.1. The summed E-state index contributed by atoms with van der Waals surface area (Å²) in [7, 11) is 0. The van der Waals surface area contributed by atoms with Crippen LogP contribution in [0.1, 0.15) is 31.4 Å². The Morgan fingerprint density at radius 3 is 2.42 bits per heavy atom. The van der Waals surface area contributed by atoms with Crippen LogP contribution < -0.4 is 5.32 Å². The summed E-state index contributed by atoms with van der Waals surface area (Å²) in [5.74, 6) is -3.62. The van der Waals surface area contributed by atoms with Crippen LogP contribution in [0, 0.1) is 11.8 Å². The number of fused-ring (bicyclic) bond motifs is 1. The van der Waals surface area contributed by atoms with Gasteiger partial charge in [0.2, 0.25) is 5.91 Å². The fourth-order valence-electron chi connectivity index (χ4n) is 4.88. The molecule has 0 saturated carbocycles. The molecule has 4 N–H and O–H groups in total. The molecule has 0 bridgehead atoms. The number of nitrogens with zero attached hydrogens (tertiary/aromatic N) is 2. The molecule has 1 fully saturated rings. The number of hydrogen-bond acceptors (Lipinski definition) is 5. The van der Waals surface area contributed by atoms with Crippen molar-refractivity contribution in [1.29, 1.82) is 0 Å². The average Bonchev–Trinajstić information content (AvgIpc) is 3.22. The van der Waals surface area contributed by atoms with Crippen molar-refractivity contribution in [2.45, 2.75) is 25.8 Å². The third-order valence-electron chi connectivity index (χ3n) is 6.82. The molecule has 2 aliphatic rings. The fourth-order valence-corrected chi connectivity index (χ4v) is 4.88. The summed E-state index contributed by atoms with van der Waals surface area (Å²) < 4.78 is 0. The number of likely N-dealkylation sites (N-methyl/N-ethyl adjacent to an activating group) is 1. The highest BCUT2D eigenvalue weighted by Gasteiger charge is 2.34. The molecular formula is C24H30N4O5. The molecule has 1 amide bonds. The predicted molar refractivity (Wildman–Crippen MR) is 124 cm³/mol. The van der Waals surface area contributed by atoms with Gasteiger partial charge in [-0.15, -0.1) is 0 Å². The monoisotopic (exact) mass is 454 g/mol. The van der Waals surface area contributed by atoms with Gasteiger partial charge >= 0.3 is 11.9 Å². The third-order valence-corrected chi connectivity index (χ3v) is 6.82. The largest absolute Gasteiger partial charge is 0.481 e. The minimum Gasteiger partial charge on any atom is -0.481 e. The lowest BCUT2D eigenvalue weighted by atomic mass is 9.82. The molecule has 3 atom stereocenters. The van der Waals surface area contributed by atoms with Crippen LogP contribution in [-0.2, 0) is 14.4 Å². The average molecular weight is 455 g/mol. The van der Waals surface area contributed by atoms with Crippen molar-refractivity contribution < 1.29 is 24.6 Å². The predicted octanol–water partition coefficient (Wildman–Crippen LogP) is 2.54. The van der Waals surface area contributed by atoms with Crippen molar-refractivity contribution in [1.82, 2.24) is 14.8 Å². The molecule has 1 aromatic carbocycles. The summed E-state index contributed by atoms with van der Waals surface area (Å²) in [6.45, 7) is 6.03. The molecule has 1 aromatic heterocycles. The number of piperazine rings is 1. The maximum absolute atomic E-state index is 12.9. The molecule has 1 aliphatic heterocycles. The zero-order chi connectivity index (χ0) is 23.5. The van der Waals surface area contributed by atoms with Crippen LogP contribution in [0.25, 0.3) is 10.9 Å². The van der Waals surface area contributed by atoms with E-state index in [1.54, 1.807) is 30.5 Å². The molecular weight excluding hydrogens is 424 g/mol. The fraction of sp³-hybridized carbons (Fsp3) is 0.458. The van der Waals surface area contributed by atoms with E-state index in [9.17, 15) is 24.6 Å². The highest BCUT2D eigenvalue weighted by atomic mass is 16.4.